The van der Waals surface area contributed by atoms with Crippen LogP contribution >= 0.6 is 0 Å². The summed E-state index contributed by atoms with van der Waals surface area (Å²) in [5, 5.41) is 21.2. The molecule has 0 saturated heterocycles. The van der Waals surface area contributed by atoms with E-state index < -0.39 is 7.12 Å². The normalized spacial score (nSPS) is 10.1. The van der Waals surface area contributed by atoms with Crippen LogP contribution < -0.4 is 10.8 Å². The van der Waals surface area contributed by atoms with Gasteiger partial charge in [0.2, 0.25) is 0 Å². The summed E-state index contributed by atoms with van der Waals surface area (Å²) in [5.41, 5.74) is 2.15. The van der Waals surface area contributed by atoms with Crippen molar-refractivity contribution in [3.63, 3.8) is 0 Å². The monoisotopic (exact) mass is 255 g/mol. The van der Waals surface area contributed by atoms with Gasteiger partial charge in [-0.25, -0.2) is 0 Å². The first-order chi connectivity index (χ1) is 9.08. The lowest BCUT2D eigenvalue weighted by atomic mass is 9.77. The maximum absolute atomic E-state index is 12.1. The summed E-state index contributed by atoms with van der Waals surface area (Å²) in [6.45, 7) is 1.93. The van der Waals surface area contributed by atoms with Gasteiger partial charge in [0.1, 0.15) is 0 Å². The molecular formula is C14H14BNO3. The second kappa shape index (κ2) is 5.69. The molecule has 3 N–H and O–H groups in total. The van der Waals surface area contributed by atoms with Crippen LogP contribution in [0.5, 0.6) is 0 Å². The molecule has 96 valence electrons. The average molecular weight is 255 g/mol. The van der Waals surface area contributed by atoms with Gasteiger partial charge in [-0.3, -0.25) is 4.79 Å². The van der Waals surface area contributed by atoms with Gasteiger partial charge in [-0.2, -0.15) is 0 Å². The van der Waals surface area contributed by atoms with Crippen LogP contribution in [0.3, 0.4) is 0 Å². The number of rotatable bonds is 3. The van der Waals surface area contributed by atoms with E-state index in [1.165, 1.54) is 6.07 Å². The van der Waals surface area contributed by atoms with Crippen molar-refractivity contribution in [1.82, 2.24) is 0 Å². The van der Waals surface area contributed by atoms with Crippen LogP contribution in [0.25, 0.3) is 0 Å². The number of amides is 1. The van der Waals surface area contributed by atoms with Crippen molar-refractivity contribution in [2.24, 2.45) is 0 Å². The van der Waals surface area contributed by atoms with Crippen molar-refractivity contribution in [2.75, 3.05) is 5.32 Å². The second-order valence-electron chi connectivity index (χ2n) is 4.28. The molecule has 0 aliphatic heterocycles. The summed E-state index contributed by atoms with van der Waals surface area (Å²) < 4.78 is 0. The molecular weight excluding hydrogens is 241 g/mol. The summed E-state index contributed by atoms with van der Waals surface area (Å²) in [5.74, 6) is -0.366. The highest BCUT2D eigenvalue weighted by Gasteiger charge is 2.19. The molecule has 0 spiro atoms. The highest BCUT2D eigenvalue weighted by Crippen LogP contribution is 2.11. The van der Waals surface area contributed by atoms with Gasteiger partial charge in [0.05, 0.1) is 0 Å². The minimum absolute atomic E-state index is 0.188. The molecule has 0 unspecified atom stereocenters. The minimum atomic E-state index is -1.67. The number of anilines is 1. The van der Waals surface area contributed by atoms with Crippen LogP contribution in [0.4, 0.5) is 5.69 Å². The van der Waals surface area contributed by atoms with E-state index >= 15 is 0 Å². The molecule has 0 bridgehead atoms. The second-order valence-corrected chi connectivity index (χ2v) is 4.28. The topological polar surface area (TPSA) is 69.6 Å². The molecule has 0 heterocycles. The Bertz CT molecular complexity index is 599. The first-order valence-corrected chi connectivity index (χ1v) is 5.91. The third-order valence-corrected chi connectivity index (χ3v) is 2.76. The zero-order valence-electron chi connectivity index (χ0n) is 10.5. The fourth-order valence-corrected chi connectivity index (χ4v) is 1.85. The fourth-order valence-electron chi connectivity index (χ4n) is 1.85. The Labute approximate surface area is 111 Å². The van der Waals surface area contributed by atoms with E-state index in [4.69, 9.17) is 0 Å². The lowest BCUT2D eigenvalue weighted by Crippen LogP contribution is -2.36. The highest BCUT2D eigenvalue weighted by atomic mass is 16.4. The van der Waals surface area contributed by atoms with Gasteiger partial charge < -0.3 is 15.4 Å². The molecule has 0 aromatic heterocycles. The van der Waals surface area contributed by atoms with Crippen molar-refractivity contribution in [1.29, 1.82) is 0 Å². The molecule has 0 aliphatic rings. The van der Waals surface area contributed by atoms with Crippen LogP contribution in [0.2, 0.25) is 0 Å². The van der Waals surface area contributed by atoms with Crippen molar-refractivity contribution < 1.29 is 14.8 Å². The van der Waals surface area contributed by atoms with E-state index in [0.29, 0.717) is 5.69 Å². The summed E-state index contributed by atoms with van der Waals surface area (Å²) in [7, 11) is -1.67. The first kappa shape index (κ1) is 13.3. The number of hydrogen-bond acceptors (Lipinski definition) is 3. The molecule has 0 radical (unpaired) electrons. The van der Waals surface area contributed by atoms with E-state index in [1.807, 2.05) is 25.1 Å². The smallest absolute Gasteiger partial charge is 0.423 e. The maximum Gasteiger partial charge on any atom is 0.489 e. The molecule has 0 saturated carbocycles. The van der Waals surface area contributed by atoms with Gasteiger partial charge in [-0.15, -0.1) is 0 Å². The van der Waals surface area contributed by atoms with Gasteiger partial charge in [0.15, 0.2) is 0 Å². The molecule has 2 rings (SSSR count). The number of aryl methyl sites for hydroxylation is 1. The minimum Gasteiger partial charge on any atom is -0.423 e. The Kier molecular flexibility index (Phi) is 3.99. The Hall–Kier alpha value is -2.11. The molecule has 0 aliphatic carbocycles. The Morgan fingerprint density at radius 1 is 1.11 bits per heavy atom. The molecule has 2 aromatic carbocycles. The zero-order valence-corrected chi connectivity index (χ0v) is 10.5. The quantitative estimate of drug-likeness (QED) is 0.714. The standard InChI is InChI=1S/C14H14BNO3/c1-10-5-4-6-11(9-10)16-14(17)12-7-2-3-8-13(12)15(18)19/h2-9,18-19H,1H3,(H,16,17). The average Bonchev–Trinajstić information content (AvgIpc) is 2.38. The Morgan fingerprint density at radius 2 is 1.84 bits per heavy atom. The molecule has 5 heteroatoms. The largest absolute Gasteiger partial charge is 0.489 e. The van der Waals surface area contributed by atoms with Crippen LogP contribution in [-0.4, -0.2) is 23.1 Å². The summed E-state index contributed by atoms with van der Waals surface area (Å²) >= 11 is 0. The number of carbonyl (C=O) groups excluding carboxylic acids is 1. The van der Waals surface area contributed by atoms with E-state index in [9.17, 15) is 14.8 Å². The van der Waals surface area contributed by atoms with Crippen LogP contribution in [0.15, 0.2) is 48.5 Å². The van der Waals surface area contributed by atoms with Crippen LogP contribution in [0.1, 0.15) is 15.9 Å². The number of hydrogen-bond donors (Lipinski definition) is 3. The molecule has 1 amide bonds. The van der Waals surface area contributed by atoms with Gasteiger partial charge in [0, 0.05) is 11.3 Å². The third-order valence-electron chi connectivity index (χ3n) is 2.76. The van der Waals surface area contributed by atoms with E-state index in [1.54, 1.807) is 24.3 Å². The lowest BCUT2D eigenvalue weighted by molar-refractivity contribution is 0.102. The van der Waals surface area contributed by atoms with Crippen molar-refractivity contribution >= 4 is 24.2 Å². The molecule has 0 atom stereocenters. The van der Waals surface area contributed by atoms with Gasteiger partial charge >= 0.3 is 7.12 Å². The van der Waals surface area contributed by atoms with E-state index in [-0.39, 0.29) is 16.9 Å². The molecule has 4 nitrogen and oxygen atoms in total. The Morgan fingerprint density at radius 3 is 2.53 bits per heavy atom. The van der Waals surface area contributed by atoms with Crippen molar-refractivity contribution in [2.45, 2.75) is 6.92 Å². The number of nitrogens with one attached hydrogen (secondary N) is 1. The van der Waals surface area contributed by atoms with Crippen LogP contribution in [0, 0.1) is 6.92 Å². The Balaban J connectivity index is 2.25. The number of carbonyl (C=O) groups is 1. The van der Waals surface area contributed by atoms with Crippen molar-refractivity contribution in [3.8, 4) is 0 Å². The summed E-state index contributed by atoms with van der Waals surface area (Å²) in [4.78, 5) is 12.1. The number of benzene rings is 2. The van der Waals surface area contributed by atoms with Gasteiger partial charge in [-0.05, 0) is 36.1 Å². The summed E-state index contributed by atoms with van der Waals surface area (Å²) in [6, 6.07) is 13.8. The fraction of sp³-hybridized carbons (Fsp3) is 0.0714. The lowest BCUT2D eigenvalue weighted by Gasteiger charge is -2.09. The zero-order chi connectivity index (χ0) is 13.8. The molecule has 0 fully saturated rings. The maximum atomic E-state index is 12.1. The molecule has 2 aromatic rings. The van der Waals surface area contributed by atoms with Gasteiger partial charge in [-0.1, -0.05) is 30.3 Å². The third kappa shape index (κ3) is 3.22. The SMILES string of the molecule is Cc1cccc(NC(=O)c2ccccc2B(O)O)c1. The summed E-state index contributed by atoms with van der Waals surface area (Å²) in [6.07, 6.45) is 0. The highest BCUT2D eigenvalue weighted by molar-refractivity contribution is 6.60. The van der Waals surface area contributed by atoms with Crippen molar-refractivity contribution in [3.05, 3.63) is 59.7 Å². The van der Waals surface area contributed by atoms with E-state index in [0.717, 1.165) is 5.56 Å². The van der Waals surface area contributed by atoms with Gasteiger partial charge in [0.25, 0.3) is 5.91 Å². The van der Waals surface area contributed by atoms with E-state index in [2.05, 4.69) is 5.32 Å². The predicted octanol–water partition coefficient (Wildman–Crippen LogP) is 0.927. The van der Waals surface area contributed by atoms with Crippen LogP contribution in [-0.2, 0) is 0 Å². The first-order valence-electron chi connectivity index (χ1n) is 5.91. The predicted molar refractivity (Wildman–Crippen MR) is 75.4 cm³/mol. The molecule has 19 heavy (non-hydrogen) atoms.